The van der Waals surface area contributed by atoms with Crippen molar-refractivity contribution in [1.82, 2.24) is 20.3 Å². The Kier molecular flexibility index (Phi) is 5.46. The Hall–Kier alpha value is -3.68. The van der Waals surface area contributed by atoms with Gasteiger partial charge in [0.15, 0.2) is 11.5 Å². The Bertz CT molecular complexity index is 948. The van der Waals surface area contributed by atoms with Gasteiger partial charge in [0.1, 0.15) is 11.4 Å². The van der Waals surface area contributed by atoms with Crippen molar-refractivity contribution in [1.29, 1.82) is 0 Å². The van der Waals surface area contributed by atoms with Crippen LogP contribution in [0.3, 0.4) is 0 Å². The van der Waals surface area contributed by atoms with Crippen molar-refractivity contribution in [3.05, 3.63) is 59.9 Å². The van der Waals surface area contributed by atoms with Crippen LogP contribution in [0.2, 0.25) is 0 Å². The molecule has 2 aromatic heterocycles. The second-order valence-electron chi connectivity index (χ2n) is 5.60. The highest BCUT2D eigenvalue weighted by Gasteiger charge is 2.20. The highest BCUT2D eigenvalue weighted by Crippen LogP contribution is 2.28. The molecule has 0 spiro atoms. The molecular formula is C19H18N4O4. The predicted molar refractivity (Wildman–Crippen MR) is 97.6 cm³/mol. The van der Waals surface area contributed by atoms with Gasteiger partial charge in [-0.3, -0.25) is 9.78 Å². The molecular weight excluding hydrogens is 348 g/mol. The Morgan fingerprint density at radius 1 is 1.11 bits per heavy atom. The van der Waals surface area contributed by atoms with Gasteiger partial charge in [-0.2, -0.15) is 4.98 Å². The zero-order valence-corrected chi connectivity index (χ0v) is 14.6. The molecule has 27 heavy (non-hydrogen) atoms. The van der Waals surface area contributed by atoms with E-state index in [2.05, 4.69) is 20.3 Å². The third kappa shape index (κ3) is 4.12. The van der Waals surface area contributed by atoms with Crippen LogP contribution >= 0.6 is 0 Å². The number of benzene rings is 1. The van der Waals surface area contributed by atoms with Gasteiger partial charge < -0.3 is 20.3 Å². The van der Waals surface area contributed by atoms with Crippen LogP contribution in [0, 0.1) is 0 Å². The molecule has 138 valence electrons. The lowest BCUT2D eigenvalue weighted by atomic mass is 10.1. The number of carbonyl (C=O) groups excluding carboxylic acids is 1. The van der Waals surface area contributed by atoms with E-state index in [9.17, 15) is 15.0 Å². The van der Waals surface area contributed by atoms with Crippen LogP contribution in [-0.2, 0) is 6.42 Å². The molecule has 0 unspecified atom stereocenters. The van der Waals surface area contributed by atoms with Crippen LogP contribution in [0.5, 0.6) is 17.4 Å². The molecule has 0 bridgehead atoms. The highest BCUT2D eigenvalue weighted by atomic mass is 16.5. The van der Waals surface area contributed by atoms with E-state index in [-0.39, 0.29) is 11.5 Å². The van der Waals surface area contributed by atoms with Gasteiger partial charge in [0.05, 0.1) is 7.11 Å². The topological polar surface area (TPSA) is 117 Å². The Morgan fingerprint density at radius 2 is 1.89 bits per heavy atom. The lowest BCUT2D eigenvalue weighted by Crippen LogP contribution is -2.27. The van der Waals surface area contributed by atoms with E-state index in [1.165, 1.54) is 6.20 Å². The van der Waals surface area contributed by atoms with E-state index in [0.717, 1.165) is 11.3 Å². The Morgan fingerprint density at radius 3 is 2.63 bits per heavy atom. The average Bonchev–Trinajstić information content (AvgIpc) is 2.70. The summed E-state index contributed by atoms with van der Waals surface area (Å²) in [5, 5.41) is 22.5. The van der Waals surface area contributed by atoms with Gasteiger partial charge in [-0.25, -0.2) is 4.98 Å². The lowest BCUT2D eigenvalue weighted by Gasteiger charge is -2.10. The van der Waals surface area contributed by atoms with Crippen LogP contribution in [0.15, 0.2) is 48.7 Å². The van der Waals surface area contributed by atoms with Crippen molar-refractivity contribution in [2.24, 2.45) is 0 Å². The first kappa shape index (κ1) is 18.1. The number of nitrogens with zero attached hydrogens (tertiary/aromatic N) is 3. The Labute approximate surface area is 155 Å². The van der Waals surface area contributed by atoms with Gasteiger partial charge >= 0.3 is 0 Å². The average molecular weight is 366 g/mol. The summed E-state index contributed by atoms with van der Waals surface area (Å²) < 4.78 is 5.27. The SMILES string of the molecule is COc1ccccc1CCNC(=O)c1nc(-c2ccccn2)nc(O)c1O. The molecule has 0 atom stereocenters. The number of hydrogen-bond donors (Lipinski definition) is 3. The first-order valence-electron chi connectivity index (χ1n) is 8.21. The predicted octanol–water partition coefficient (Wildman–Crippen LogP) is 1.93. The van der Waals surface area contributed by atoms with Crippen molar-refractivity contribution in [2.75, 3.05) is 13.7 Å². The van der Waals surface area contributed by atoms with Gasteiger partial charge in [0, 0.05) is 12.7 Å². The van der Waals surface area contributed by atoms with Crippen molar-refractivity contribution in [3.63, 3.8) is 0 Å². The van der Waals surface area contributed by atoms with E-state index < -0.39 is 17.5 Å². The molecule has 3 aromatic rings. The molecule has 0 saturated heterocycles. The summed E-state index contributed by atoms with van der Waals surface area (Å²) in [5.74, 6) is -1.21. The molecule has 8 heteroatoms. The second kappa shape index (κ2) is 8.13. The number of nitrogens with one attached hydrogen (secondary N) is 1. The minimum absolute atomic E-state index is 0.0424. The number of methoxy groups -OCH3 is 1. The highest BCUT2D eigenvalue weighted by molar-refractivity contribution is 5.95. The third-order valence-corrected chi connectivity index (χ3v) is 3.85. The van der Waals surface area contributed by atoms with Gasteiger partial charge in [0.25, 0.3) is 11.8 Å². The summed E-state index contributed by atoms with van der Waals surface area (Å²) in [6.45, 7) is 0.294. The molecule has 0 aliphatic carbocycles. The van der Waals surface area contributed by atoms with Crippen molar-refractivity contribution in [2.45, 2.75) is 6.42 Å². The number of aromatic nitrogens is 3. The summed E-state index contributed by atoms with van der Waals surface area (Å²) in [5.41, 5.74) is 0.989. The molecule has 2 heterocycles. The second-order valence-corrected chi connectivity index (χ2v) is 5.60. The molecule has 8 nitrogen and oxygen atoms in total. The number of ether oxygens (including phenoxy) is 1. The van der Waals surface area contributed by atoms with Crippen LogP contribution in [-0.4, -0.2) is 44.7 Å². The van der Waals surface area contributed by atoms with E-state index in [1.54, 1.807) is 25.3 Å². The minimum atomic E-state index is -0.680. The van der Waals surface area contributed by atoms with Crippen molar-refractivity contribution >= 4 is 5.91 Å². The molecule has 0 radical (unpaired) electrons. The summed E-state index contributed by atoms with van der Waals surface area (Å²) in [4.78, 5) is 24.3. The summed E-state index contributed by atoms with van der Waals surface area (Å²) >= 11 is 0. The maximum Gasteiger partial charge on any atom is 0.274 e. The Balaban J connectivity index is 1.75. The van der Waals surface area contributed by atoms with Crippen LogP contribution < -0.4 is 10.1 Å². The quantitative estimate of drug-likeness (QED) is 0.610. The number of rotatable bonds is 6. The minimum Gasteiger partial charge on any atom is -0.501 e. The number of hydrogen-bond acceptors (Lipinski definition) is 7. The van der Waals surface area contributed by atoms with E-state index >= 15 is 0 Å². The fourth-order valence-electron chi connectivity index (χ4n) is 2.51. The maximum atomic E-state index is 12.4. The van der Waals surface area contributed by atoms with Gasteiger partial charge in [-0.05, 0) is 30.2 Å². The first-order chi connectivity index (χ1) is 13.1. The van der Waals surface area contributed by atoms with Crippen LogP contribution in [0.25, 0.3) is 11.5 Å². The molecule has 0 fully saturated rings. The number of carbonyl (C=O) groups is 1. The summed E-state index contributed by atoms with van der Waals surface area (Å²) in [7, 11) is 1.58. The molecule has 0 aliphatic rings. The number of aromatic hydroxyl groups is 2. The van der Waals surface area contributed by atoms with E-state index in [4.69, 9.17) is 4.74 Å². The van der Waals surface area contributed by atoms with Crippen LogP contribution in [0.1, 0.15) is 16.1 Å². The first-order valence-corrected chi connectivity index (χ1v) is 8.21. The standard InChI is InChI=1S/C19H18N4O4/c1-27-14-8-3-2-6-12(14)9-11-21-18(25)15-16(24)19(26)23-17(22-15)13-7-4-5-10-20-13/h2-8,10,24H,9,11H2,1H3,(H,21,25)(H,22,23,26). The zero-order valence-electron chi connectivity index (χ0n) is 14.6. The molecule has 1 amide bonds. The number of pyridine rings is 1. The normalized spacial score (nSPS) is 10.4. The summed E-state index contributed by atoms with van der Waals surface area (Å²) in [6.07, 6.45) is 2.07. The van der Waals surface area contributed by atoms with Crippen molar-refractivity contribution < 1.29 is 19.7 Å². The number of para-hydroxylation sites is 1. The van der Waals surface area contributed by atoms with Crippen LogP contribution in [0.4, 0.5) is 0 Å². The monoisotopic (exact) mass is 366 g/mol. The van der Waals surface area contributed by atoms with Gasteiger partial charge in [-0.1, -0.05) is 24.3 Å². The third-order valence-electron chi connectivity index (χ3n) is 3.85. The fourth-order valence-corrected chi connectivity index (χ4v) is 2.51. The molecule has 3 N–H and O–H groups in total. The van der Waals surface area contributed by atoms with E-state index in [1.807, 2.05) is 24.3 Å². The van der Waals surface area contributed by atoms with Crippen molar-refractivity contribution in [3.8, 4) is 28.9 Å². The lowest BCUT2D eigenvalue weighted by molar-refractivity contribution is 0.0945. The summed E-state index contributed by atoms with van der Waals surface area (Å²) in [6, 6.07) is 12.6. The van der Waals surface area contributed by atoms with Gasteiger partial charge in [-0.15, -0.1) is 0 Å². The zero-order chi connectivity index (χ0) is 19.2. The number of amides is 1. The molecule has 0 aliphatic heterocycles. The van der Waals surface area contributed by atoms with Gasteiger partial charge in [0.2, 0.25) is 5.75 Å². The molecule has 0 saturated carbocycles. The molecule has 1 aromatic carbocycles. The largest absolute Gasteiger partial charge is 0.501 e. The smallest absolute Gasteiger partial charge is 0.274 e. The maximum absolute atomic E-state index is 12.4. The molecule has 3 rings (SSSR count). The fraction of sp³-hybridized carbons (Fsp3) is 0.158. The van der Waals surface area contributed by atoms with E-state index in [0.29, 0.717) is 18.7 Å².